The summed E-state index contributed by atoms with van der Waals surface area (Å²) in [6.45, 7) is 4.01. The SMILES string of the molecule is CC(Cc1cccc(F)c1)NC(C)c1nn[nH]n1. The number of halogens is 1. The molecule has 1 aromatic heterocycles. The van der Waals surface area contributed by atoms with Crippen molar-refractivity contribution in [2.75, 3.05) is 0 Å². The third kappa shape index (κ3) is 3.33. The molecule has 0 aliphatic heterocycles. The normalized spacial score (nSPS) is 14.4. The van der Waals surface area contributed by atoms with Gasteiger partial charge in [-0.3, -0.25) is 0 Å². The molecular weight excluding hydrogens is 233 g/mol. The Morgan fingerprint density at radius 3 is 2.89 bits per heavy atom. The van der Waals surface area contributed by atoms with E-state index >= 15 is 0 Å². The largest absolute Gasteiger partial charge is 0.305 e. The van der Waals surface area contributed by atoms with Crippen LogP contribution in [0.4, 0.5) is 4.39 Å². The Bertz CT molecular complexity index is 485. The zero-order valence-electron chi connectivity index (χ0n) is 10.4. The molecule has 2 unspecified atom stereocenters. The summed E-state index contributed by atoms with van der Waals surface area (Å²) in [7, 11) is 0. The van der Waals surface area contributed by atoms with Gasteiger partial charge < -0.3 is 5.32 Å². The van der Waals surface area contributed by atoms with Gasteiger partial charge in [-0.05, 0) is 38.0 Å². The van der Waals surface area contributed by atoms with Crippen LogP contribution in [0.5, 0.6) is 0 Å². The van der Waals surface area contributed by atoms with E-state index in [4.69, 9.17) is 0 Å². The van der Waals surface area contributed by atoms with Crippen molar-refractivity contribution in [3.63, 3.8) is 0 Å². The molecule has 1 aromatic carbocycles. The summed E-state index contributed by atoms with van der Waals surface area (Å²) in [5.74, 6) is 0.423. The number of rotatable bonds is 5. The van der Waals surface area contributed by atoms with E-state index in [1.807, 2.05) is 19.9 Å². The first kappa shape index (κ1) is 12.6. The summed E-state index contributed by atoms with van der Waals surface area (Å²) in [4.78, 5) is 0. The number of hydrogen-bond acceptors (Lipinski definition) is 4. The highest BCUT2D eigenvalue weighted by molar-refractivity contribution is 5.17. The Balaban J connectivity index is 1.91. The van der Waals surface area contributed by atoms with Crippen LogP contribution in [0.1, 0.15) is 31.3 Å². The molecule has 18 heavy (non-hydrogen) atoms. The van der Waals surface area contributed by atoms with E-state index in [2.05, 4.69) is 25.9 Å². The second-order valence-electron chi connectivity index (χ2n) is 4.39. The van der Waals surface area contributed by atoms with Gasteiger partial charge in [0.05, 0.1) is 6.04 Å². The molecule has 2 N–H and O–H groups in total. The Labute approximate surface area is 105 Å². The molecule has 0 bridgehead atoms. The van der Waals surface area contributed by atoms with E-state index in [1.165, 1.54) is 6.07 Å². The molecule has 0 aliphatic rings. The number of H-pyrrole nitrogens is 1. The number of benzene rings is 1. The van der Waals surface area contributed by atoms with Crippen molar-refractivity contribution >= 4 is 0 Å². The quantitative estimate of drug-likeness (QED) is 0.845. The molecule has 0 aliphatic carbocycles. The first-order valence-corrected chi connectivity index (χ1v) is 5.89. The van der Waals surface area contributed by atoms with Crippen LogP contribution in [-0.2, 0) is 6.42 Å². The minimum atomic E-state index is -0.203. The van der Waals surface area contributed by atoms with Crippen LogP contribution in [0.2, 0.25) is 0 Å². The van der Waals surface area contributed by atoms with Gasteiger partial charge in [-0.1, -0.05) is 17.3 Å². The van der Waals surface area contributed by atoms with Crippen molar-refractivity contribution < 1.29 is 4.39 Å². The number of aromatic amines is 1. The fraction of sp³-hybridized carbons (Fsp3) is 0.417. The lowest BCUT2D eigenvalue weighted by Gasteiger charge is -2.17. The van der Waals surface area contributed by atoms with Crippen molar-refractivity contribution in [3.05, 3.63) is 41.5 Å². The van der Waals surface area contributed by atoms with Crippen molar-refractivity contribution in [1.82, 2.24) is 25.9 Å². The molecule has 2 rings (SSSR count). The maximum atomic E-state index is 13.1. The monoisotopic (exact) mass is 249 g/mol. The van der Waals surface area contributed by atoms with Gasteiger partial charge in [-0.2, -0.15) is 5.21 Å². The molecule has 0 amide bonds. The van der Waals surface area contributed by atoms with Gasteiger partial charge in [-0.15, -0.1) is 10.2 Å². The molecule has 6 heteroatoms. The molecule has 0 saturated heterocycles. The van der Waals surface area contributed by atoms with Crippen molar-refractivity contribution in [2.24, 2.45) is 0 Å². The lowest BCUT2D eigenvalue weighted by molar-refractivity contribution is 0.461. The smallest absolute Gasteiger partial charge is 0.191 e. The number of nitrogens with zero attached hydrogens (tertiary/aromatic N) is 3. The van der Waals surface area contributed by atoms with Gasteiger partial charge in [0.1, 0.15) is 5.82 Å². The molecule has 0 fully saturated rings. The number of tetrazole rings is 1. The summed E-state index contributed by atoms with van der Waals surface area (Å²) in [6.07, 6.45) is 0.750. The highest BCUT2D eigenvalue weighted by Crippen LogP contribution is 2.10. The molecule has 1 heterocycles. The minimum absolute atomic E-state index is 0.00677. The first-order chi connectivity index (χ1) is 8.65. The zero-order chi connectivity index (χ0) is 13.0. The van der Waals surface area contributed by atoms with Crippen molar-refractivity contribution in [1.29, 1.82) is 0 Å². The van der Waals surface area contributed by atoms with E-state index < -0.39 is 0 Å². The van der Waals surface area contributed by atoms with E-state index in [0.29, 0.717) is 5.82 Å². The average Bonchev–Trinajstić information content (AvgIpc) is 2.81. The highest BCUT2D eigenvalue weighted by atomic mass is 19.1. The fourth-order valence-electron chi connectivity index (χ4n) is 1.93. The lowest BCUT2D eigenvalue weighted by Crippen LogP contribution is -2.31. The van der Waals surface area contributed by atoms with Gasteiger partial charge in [0.25, 0.3) is 0 Å². The molecular formula is C12H16FN5. The standard InChI is InChI=1S/C12H16FN5/c1-8(6-10-4-3-5-11(13)7-10)14-9(2)12-15-17-18-16-12/h3-5,7-9,14H,6H2,1-2H3,(H,15,16,17,18). The van der Waals surface area contributed by atoms with Gasteiger partial charge in [0, 0.05) is 6.04 Å². The second-order valence-corrected chi connectivity index (χ2v) is 4.39. The van der Waals surface area contributed by atoms with Crippen LogP contribution in [0.15, 0.2) is 24.3 Å². The van der Waals surface area contributed by atoms with Crippen molar-refractivity contribution in [2.45, 2.75) is 32.4 Å². The molecule has 2 atom stereocenters. The number of hydrogen-bond donors (Lipinski definition) is 2. The number of nitrogens with one attached hydrogen (secondary N) is 2. The van der Waals surface area contributed by atoms with E-state index in [9.17, 15) is 4.39 Å². The molecule has 0 saturated carbocycles. The molecule has 96 valence electrons. The third-order valence-corrected chi connectivity index (χ3v) is 2.71. The van der Waals surface area contributed by atoms with Crippen LogP contribution in [0.3, 0.4) is 0 Å². The molecule has 0 spiro atoms. The van der Waals surface area contributed by atoms with Crippen LogP contribution in [-0.4, -0.2) is 26.7 Å². The summed E-state index contributed by atoms with van der Waals surface area (Å²) < 4.78 is 13.1. The van der Waals surface area contributed by atoms with Gasteiger partial charge in [-0.25, -0.2) is 4.39 Å². The first-order valence-electron chi connectivity index (χ1n) is 5.89. The Morgan fingerprint density at radius 1 is 1.39 bits per heavy atom. The highest BCUT2D eigenvalue weighted by Gasteiger charge is 2.13. The topological polar surface area (TPSA) is 66.5 Å². The lowest BCUT2D eigenvalue weighted by atomic mass is 10.1. The third-order valence-electron chi connectivity index (χ3n) is 2.71. The molecule has 2 aromatic rings. The van der Waals surface area contributed by atoms with Crippen molar-refractivity contribution in [3.8, 4) is 0 Å². The second kappa shape index (κ2) is 5.68. The fourth-order valence-corrected chi connectivity index (χ4v) is 1.93. The predicted octanol–water partition coefficient (Wildman–Crippen LogP) is 1.62. The Hall–Kier alpha value is -1.82. The Morgan fingerprint density at radius 2 is 2.22 bits per heavy atom. The van der Waals surface area contributed by atoms with Crippen LogP contribution in [0, 0.1) is 5.82 Å². The predicted molar refractivity (Wildman–Crippen MR) is 65.3 cm³/mol. The minimum Gasteiger partial charge on any atom is -0.305 e. The average molecular weight is 249 g/mol. The summed E-state index contributed by atoms with van der Waals surface area (Å²) in [6, 6.07) is 6.84. The summed E-state index contributed by atoms with van der Waals surface area (Å²) in [5.41, 5.74) is 0.968. The maximum absolute atomic E-state index is 13.1. The summed E-state index contributed by atoms with van der Waals surface area (Å²) in [5, 5.41) is 17.1. The van der Waals surface area contributed by atoms with Gasteiger partial charge in [0.2, 0.25) is 0 Å². The Kier molecular flexibility index (Phi) is 3.99. The van der Waals surface area contributed by atoms with Crippen LogP contribution in [0.25, 0.3) is 0 Å². The zero-order valence-corrected chi connectivity index (χ0v) is 10.4. The van der Waals surface area contributed by atoms with Crippen LogP contribution < -0.4 is 5.32 Å². The molecule has 5 nitrogen and oxygen atoms in total. The van der Waals surface area contributed by atoms with E-state index in [0.717, 1.165) is 12.0 Å². The van der Waals surface area contributed by atoms with Gasteiger partial charge >= 0.3 is 0 Å². The molecule has 0 radical (unpaired) electrons. The van der Waals surface area contributed by atoms with E-state index in [1.54, 1.807) is 12.1 Å². The van der Waals surface area contributed by atoms with Crippen LogP contribution >= 0.6 is 0 Å². The maximum Gasteiger partial charge on any atom is 0.191 e. The summed E-state index contributed by atoms with van der Waals surface area (Å²) >= 11 is 0. The van der Waals surface area contributed by atoms with E-state index in [-0.39, 0.29) is 17.9 Å². The van der Waals surface area contributed by atoms with Gasteiger partial charge in [0.15, 0.2) is 5.82 Å². The number of aromatic nitrogens is 4.